The Morgan fingerprint density at radius 2 is 2.27 bits per heavy atom. The standard InChI is InChI=1S/C10H12S/c1-7-3-5-2-6-8(11)4-9(7,8)10(5,6)7/h5-6,11H,2-4H2,1H3/t5?,6?,7?,8-,9?,10?/m0/s1. The van der Waals surface area contributed by atoms with E-state index in [-0.39, 0.29) is 0 Å². The monoisotopic (exact) mass is 164 g/mol. The van der Waals surface area contributed by atoms with Crippen LogP contribution >= 0.6 is 12.6 Å². The second-order valence-corrected chi connectivity index (χ2v) is 6.69. The van der Waals surface area contributed by atoms with Crippen molar-refractivity contribution >= 4 is 12.6 Å². The van der Waals surface area contributed by atoms with Crippen LogP contribution in [0.3, 0.4) is 0 Å². The quantitative estimate of drug-likeness (QED) is 0.521. The normalized spacial score (nSPS) is 96.5. The van der Waals surface area contributed by atoms with E-state index in [9.17, 15) is 0 Å². The largest absolute Gasteiger partial charge is 0.172 e. The van der Waals surface area contributed by atoms with Crippen molar-refractivity contribution < 1.29 is 0 Å². The van der Waals surface area contributed by atoms with E-state index in [4.69, 9.17) is 12.6 Å². The molecular weight excluding hydrogens is 152 g/mol. The van der Waals surface area contributed by atoms with Crippen LogP contribution in [0.25, 0.3) is 0 Å². The maximum atomic E-state index is 4.88. The van der Waals surface area contributed by atoms with Crippen molar-refractivity contribution in [3.05, 3.63) is 0 Å². The van der Waals surface area contributed by atoms with Gasteiger partial charge in [-0.3, -0.25) is 0 Å². The molecule has 0 amide bonds. The van der Waals surface area contributed by atoms with Gasteiger partial charge in [0.25, 0.3) is 0 Å². The van der Waals surface area contributed by atoms with Crippen molar-refractivity contribution in [1.29, 1.82) is 0 Å². The first-order valence-corrected chi connectivity index (χ1v) is 5.32. The van der Waals surface area contributed by atoms with Gasteiger partial charge in [0.1, 0.15) is 0 Å². The average Bonchev–Trinajstić information content (AvgIpc) is 2.59. The number of rotatable bonds is 0. The van der Waals surface area contributed by atoms with E-state index < -0.39 is 0 Å². The molecule has 0 heterocycles. The minimum atomic E-state index is 0.578. The van der Waals surface area contributed by atoms with Crippen molar-refractivity contribution in [3.63, 3.8) is 0 Å². The van der Waals surface area contributed by atoms with Crippen LogP contribution in [0.4, 0.5) is 0 Å². The van der Waals surface area contributed by atoms with Gasteiger partial charge in [-0.15, -0.1) is 0 Å². The lowest BCUT2D eigenvalue weighted by Crippen LogP contribution is -2.59. The summed E-state index contributed by atoms with van der Waals surface area (Å²) in [6, 6.07) is 0. The van der Waals surface area contributed by atoms with E-state index in [2.05, 4.69) is 6.92 Å². The first-order valence-electron chi connectivity index (χ1n) is 4.88. The Morgan fingerprint density at radius 1 is 1.45 bits per heavy atom. The topological polar surface area (TPSA) is 0 Å². The van der Waals surface area contributed by atoms with Gasteiger partial charge in [0.2, 0.25) is 0 Å². The predicted molar refractivity (Wildman–Crippen MR) is 45.5 cm³/mol. The van der Waals surface area contributed by atoms with E-state index in [1.807, 2.05) is 0 Å². The van der Waals surface area contributed by atoms with Crippen LogP contribution in [0.15, 0.2) is 0 Å². The predicted octanol–water partition coefficient (Wildman–Crippen LogP) is 2.10. The summed E-state index contributed by atoms with van der Waals surface area (Å²) in [4.78, 5) is 0. The molecule has 5 unspecified atom stereocenters. The smallest absolute Gasteiger partial charge is 0.0238 e. The molecule has 2 spiro atoms. The van der Waals surface area contributed by atoms with Gasteiger partial charge < -0.3 is 0 Å². The van der Waals surface area contributed by atoms with Crippen molar-refractivity contribution in [2.75, 3.05) is 0 Å². The molecule has 6 atom stereocenters. The van der Waals surface area contributed by atoms with Crippen molar-refractivity contribution in [1.82, 2.24) is 0 Å². The molecule has 0 aliphatic heterocycles. The summed E-state index contributed by atoms with van der Waals surface area (Å²) in [6.07, 6.45) is 4.59. The van der Waals surface area contributed by atoms with E-state index in [0.29, 0.717) is 4.75 Å². The second kappa shape index (κ2) is 0.814. The Morgan fingerprint density at radius 3 is 2.73 bits per heavy atom. The highest BCUT2D eigenvalue weighted by atomic mass is 32.1. The molecule has 5 aliphatic carbocycles. The molecule has 0 saturated heterocycles. The van der Waals surface area contributed by atoms with Crippen LogP contribution in [0.2, 0.25) is 0 Å². The molecular formula is C10H12S. The zero-order valence-corrected chi connectivity index (χ0v) is 7.62. The molecule has 5 rings (SSSR count). The molecule has 0 nitrogen and oxygen atoms in total. The Kier molecular flexibility index (Phi) is 0.382. The summed E-state index contributed by atoms with van der Waals surface area (Å²) >= 11 is 4.88. The summed E-state index contributed by atoms with van der Waals surface area (Å²) in [5.41, 5.74) is 2.56. The van der Waals surface area contributed by atoms with Gasteiger partial charge in [-0.2, -0.15) is 12.6 Å². The first-order chi connectivity index (χ1) is 5.15. The molecule has 58 valence electrons. The first kappa shape index (κ1) is 5.16. The van der Waals surface area contributed by atoms with Crippen molar-refractivity contribution in [2.45, 2.75) is 30.9 Å². The third kappa shape index (κ3) is 0.169. The highest BCUT2D eigenvalue weighted by Gasteiger charge is 3.16. The van der Waals surface area contributed by atoms with Gasteiger partial charge in [-0.25, -0.2) is 0 Å². The summed E-state index contributed by atoms with van der Waals surface area (Å²) in [5.74, 6) is 2.24. The summed E-state index contributed by atoms with van der Waals surface area (Å²) in [5, 5.41) is 0. The minimum absolute atomic E-state index is 0.578. The lowest BCUT2D eigenvalue weighted by molar-refractivity contribution is -0.115. The van der Waals surface area contributed by atoms with Gasteiger partial charge in [0.15, 0.2) is 0 Å². The molecule has 5 saturated carbocycles. The Bertz CT molecular complexity index is 332. The molecule has 0 bridgehead atoms. The summed E-state index contributed by atoms with van der Waals surface area (Å²) < 4.78 is 0.578. The number of hydrogen-bond donors (Lipinski definition) is 1. The SMILES string of the molecule is CC12CC3CC4C31C21C[C@]41S. The van der Waals surface area contributed by atoms with Crippen LogP contribution in [0.5, 0.6) is 0 Å². The minimum Gasteiger partial charge on any atom is -0.172 e. The fourth-order valence-electron chi connectivity index (χ4n) is 6.59. The van der Waals surface area contributed by atoms with Crippen LogP contribution < -0.4 is 0 Å². The second-order valence-electron chi connectivity index (χ2n) is 5.90. The maximum Gasteiger partial charge on any atom is 0.0238 e. The Hall–Kier alpha value is 0.350. The zero-order valence-electron chi connectivity index (χ0n) is 6.72. The van der Waals surface area contributed by atoms with E-state index in [1.165, 1.54) is 12.3 Å². The Labute approximate surface area is 72.1 Å². The van der Waals surface area contributed by atoms with Crippen LogP contribution in [-0.4, -0.2) is 4.75 Å². The lowest BCUT2D eigenvalue weighted by Gasteiger charge is -2.62. The highest BCUT2D eigenvalue weighted by Crippen LogP contribution is 3.19. The van der Waals surface area contributed by atoms with Crippen molar-refractivity contribution in [3.8, 4) is 0 Å². The molecule has 0 radical (unpaired) electrons. The molecule has 5 aliphatic rings. The molecule has 0 aromatic rings. The van der Waals surface area contributed by atoms with E-state index >= 15 is 0 Å². The molecule has 5 fully saturated rings. The van der Waals surface area contributed by atoms with Gasteiger partial charge in [-0.1, -0.05) is 6.92 Å². The number of hydrogen-bond acceptors (Lipinski definition) is 1. The molecule has 11 heavy (non-hydrogen) atoms. The third-order valence-electron chi connectivity index (χ3n) is 6.59. The molecule has 0 N–H and O–H groups in total. The summed E-state index contributed by atoms with van der Waals surface area (Å²) in [6.45, 7) is 2.54. The highest BCUT2D eigenvalue weighted by molar-refractivity contribution is 7.82. The van der Waals surface area contributed by atoms with Gasteiger partial charge >= 0.3 is 0 Å². The maximum absolute atomic E-state index is 4.88. The lowest BCUT2D eigenvalue weighted by atomic mass is 9.44. The van der Waals surface area contributed by atoms with Crippen LogP contribution in [0, 0.1) is 28.1 Å². The number of thiol groups is 1. The van der Waals surface area contributed by atoms with E-state index in [1.54, 1.807) is 12.8 Å². The van der Waals surface area contributed by atoms with Crippen molar-refractivity contribution in [2.24, 2.45) is 28.1 Å². The van der Waals surface area contributed by atoms with E-state index in [0.717, 1.165) is 22.2 Å². The fourth-order valence-corrected chi connectivity index (χ4v) is 7.57. The third-order valence-corrected chi connectivity index (χ3v) is 7.44. The van der Waals surface area contributed by atoms with Crippen LogP contribution in [-0.2, 0) is 0 Å². The molecule has 0 aromatic heterocycles. The molecule has 1 heteroatoms. The van der Waals surface area contributed by atoms with Gasteiger partial charge in [-0.05, 0) is 47.3 Å². The Balaban J connectivity index is 1.91. The average molecular weight is 164 g/mol. The zero-order chi connectivity index (χ0) is 7.28. The molecule has 0 aromatic carbocycles. The van der Waals surface area contributed by atoms with Gasteiger partial charge in [0, 0.05) is 4.75 Å². The fraction of sp³-hybridized carbons (Fsp3) is 1.00. The van der Waals surface area contributed by atoms with Gasteiger partial charge in [0.05, 0.1) is 0 Å². The van der Waals surface area contributed by atoms with Crippen LogP contribution in [0.1, 0.15) is 26.2 Å². The number of fused-ring (bicyclic) bond motifs is 1. The summed E-state index contributed by atoms with van der Waals surface area (Å²) in [7, 11) is 0.